The highest BCUT2D eigenvalue weighted by Gasteiger charge is 2.30. The SMILES string of the molecule is Cc1ccccc1CN1CCNCC1C1CCCCC1. The van der Waals surface area contributed by atoms with E-state index in [0.29, 0.717) is 0 Å². The molecule has 1 saturated carbocycles. The molecule has 1 aromatic rings. The van der Waals surface area contributed by atoms with Crippen molar-refractivity contribution >= 4 is 0 Å². The summed E-state index contributed by atoms with van der Waals surface area (Å²) in [5, 5.41) is 3.62. The van der Waals surface area contributed by atoms with E-state index in [0.717, 1.165) is 25.0 Å². The average molecular weight is 272 g/mol. The topological polar surface area (TPSA) is 15.3 Å². The summed E-state index contributed by atoms with van der Waals surface area (Å²) in [7, 11) is 0. The van der Waals surface area contributed by atoms with Crippen molar-refractivity contribution in [2.45, 2.75) is 51.6 Å². The van der Waals surface area contributed by atoms with E-state index < -0.39 is 0 Å². The maximum atomic E-state index is 3.62. The number of nitrogens with zero attached hydrogens (tertiary/aromatic N) is 1. The summed E-state index contributed by atoms with van der Waals surface area (Å²) in [6.07, 6.45) is 7.22. The van der Waals surface area contributed by atoms with E-state index >= 15 is 0 Å². The largest absolute Gasteiger partial charge is 0.314 e. The molecule has 1 aromatic carbocycles. The van der Waals surface area contributed by atoms with Gasteiger partial charge in [0.15, 0.2) is 0 Å². The Balaban J connectivity index is 1.70. The summed E-state index contributed by atoms with van der Waals surface area (Å²) >= 11 is 0. The molecular formula is C18H28N2. The summed E-state index contributed by atoms with van der Waals surface area (Å²) in [5.74, 6) is 0.917. The molecule has 2 heteroatoms. The number of rotatable bonds is 3. The van der Waals surface area contributed by atoms with Crippen molar-refractivity contribution in [2.24, 2.45) is 5.92 Å². The predicted octanol–water partition coefficient (Wildman–Crippen LogP) is 3.35. The van der Waals surface area contributed by atoms with Crippen LogP contribution in [0.2, 0.25) is 0 Å². The maximum Gasteiger partial charge on any atom is 0.0252 e. The number of nitrogens with one attached hydrogen (secondary N) is 1. The van der Waals surface area contributed by atoms with Gasteiger partial charge < -0.3 is 5.32 Å². The molecule has 1 atom stereocenters. The molecule has 1 unspecified atom stereocenters. The molecule has 0 amide bonds. The molecule has 0 aromatic heterocycles. The Kier molecular flexibility index (Phi) is 4.74. The molecule has 1 aliphatic heterocycles. The summed E-state index contributed by atoms with van der Waals surface area (Å²) in [5.41, 5.74) is 2.95. The van der Waals surface area contributed by atoms with Crippen molar-refractivity contribution in [1.82, 2.24) is 10.2 Å². The highest BCUT2D eigenvalue weighted by Crippen LogP contribution is 2.30. The third-order valence-corrected chi connectivity index (χ3v) is 5.23. The number of hydrogen-bond acceptors (Lipinski definition) is 2. The first-order valence-electron chi connectivity index (χ1n) is 8.34. The fourth-order valence-electron chi connectivity index (χ4n) is 3.95. The van der Waals surface area contributed by atoms with Crippen LogP contribution < -0.4 is 5.32 Å². The second-order valence-corrected chi connectivity index (χ2v) is 6.57. The lowest BCUT2D eigenvalue weighted by molar-refractivity contribution is 0.0858. The minimum atomic E-state index is 0.753. The van der Waals surface area contributed by atoms with Crippen molar-refractivity contribution in [3.63, 3.8) is 0 Å². The second-order valence-electron chi connectivity index (χ2n) is 6.57. The molecule has 3 rings (SSSR count). The molecule has 110 valence electrons. The Bertz CT molecular complexity index is 423. The molecule has 0 radical (unpaired) electrons. The Labute approximate surface area is 123 Å². The van der Waals surface area contributed by atoms with Crippen LogP contribution >= 0.6 is 0 Å². The normalized spacial score (nSPS) is 25.8. The van der Waals surface area contributed by atoms with Crippen molar-refractivity contribution in [1.29, 1.82) is 0 Å². The first-order valence-corrected chi connectivity index (χ1v) is 8.34. The van der Waals surface area contributed by atoms with E-state index in [-0.39, 0.29) is 0 Å². The van der Waals surface area contributed by atoms with Gasteiger partial charge in [-0.15, -0.1) is 0 Å². The van der Waals surface area contributed by atoms with Gasteiger partial charge in [0.1, 0.15) is 0 Å². The van der Waals surface area contributed by atoms with E-state index in [1.54, 1.807) is 0 Å². The van der Waals surface area contributed by atoms with Crippen LogP contribution in [0.3, 0.4) is 0 Å². The molecule has 1 aliphatic carbocycles. The number of aryl methyl sites for hydroxylation is 1. The van der Waals surface area contributed by atoms with Gasteiger partial charge in [-0.1, -0.05) is 43.5 Å². The molecule has 0 spiro atoms. The van der Waals surface area contributed by atoms with Gasteiger partial charge in [0.2, 0.25) is 0 Å². The van der Waals surface area contributed by atoms with Crippen LogP contribution in [0.1, 0.15) is 43.2 Å². The first kappa shape index (κ1) is 14.1. The van der Waals surface area contributed by atoms with Gasteiger partial charge in [-0.05, 0) is 36.8 Å². The quantitative estimate of drug-likeness (QED) is 0.908. The lowest BCUT2D eigenvalue weighted by Gasteiger charge is -2.42. The lowest BCUT2D eigenvalue weighted by atomic mass is 9.82. The lowest BCUT2D eigenvalue weighted by Crippen LogP contribution is -2.54. The van der Waals surface area contributed by atoms with Gasteiger partial charge in [0.25, 0.3) is 0 Å². The van der Waals surface area contributed by atoms with Crippen molar-refractivity contribution < 1.29 is 0 Å². The van der Waals surface area contributed by atoms with Crippen LogP contribution in [0.4, 0.5) is 0 Å². The highest BCUT2D eigenvalue weighted by atomic mass is 15.2. The zero-order chi connectivity index (χ0) is 13.8. The summed E-state index contributed by atoms with van der Waals surface area (Å²) in [6.45, 7) is 6.92. The average Bonchev–Trinajstić information content (AvgIpc) is 2.51. The van der Waals surface area contributed by atoms with Gasteiger partial charge in [-0.25, -0.2) is 0 Å². The third-order valence-electron chi connectivity index (χ3n) is 5.23. The molecule has 20 heavy (non-hydrogen) atoms. The standard InChI is InChI=1S/C18H28N2/c1-15-7-5-6-10-17(15)14-20-12-11-19-13-18(20)16-8-3-2-4-9-16/h5-7,10,16,18-19H,2-4,8-9,11-14H2,1H3. The number of benzene rings is 1. The van der Waals surface area contributed by atoms with Crippen molar-refractivity contribution in [3.8, 4) is 0 Å². The van der Waals surface area contributed by atoms with Crippen LogP contribution in [0.5, 0.6) is 0 Å². The van der Waals surface area contributed by atoms with E-state index in [9.17, 15) is 0 Å². The van der Waals surface area contributed by atoms with E-state index in [2.05, 4.69) is 41.4 Å². The van der Waals surface area contributed by atoms with E-state index in [1.165, 1.54) is 56.3 Å². The fraction of sp³-hybridized carbons (Fsp3) is 0.667. The Morgan fingerprint density at radius 3 is 2.75 bits per heavy atom. The molecule has 1 saturated heterocycles. The predicted molar refractivity (Wildman–Crippen MR) is 84.8 cm³/mol. The van der Waals surface area contributed by atoms with Crippen molar-refractivity contribution in [2.75, 3.05) is 19.6 Å². The van der Waals surface area contributed by atoms with Crippen molar-refractivity contribution in [3.05, 3.63) is 35.4 Å². The number of piperazine rings is 1. The Hall–Kier alpha value is -0.860. The van der Waals surface area contributed by atoms with Crippen LogP contribution in [0.25, 0.3) is 0 Å². The Morgan fingerprint density at radius 2 is 1.95 bits per heavy atom. The van der Waals surface area contributed by atoms with Crippen LogP contribution in [0.15, 0.2) is 24.3 Å². The molecular weight excluding hydrogens is 244 g/mol. The zero-order valence-corrected chi connectivity index (χ0v) is 12.8. The first-order chi connectivity index (χ1) is 9.84. The van der Waals surface area contributed by atoms with Crippen LogP contribution in [0, 0.1) is 12.8 Å². The second kappa shape index (κ2) is 6.73. The number of hydrogen-bond donors (Lipinski definition) is 1. The van der Waals surface area contributed by atoms with Gasteiger partial charge in [-0.3, -0.25) is 4.90 Å². The zero-order valence-electron chi connectivity index (χ0n) is 12.8. The molecule has 1 heterocycles. The summed E-state index contributed by atoms with van der Waals surface area (Å²) < 4.78 is 0. The third kappa shape index (κ3) is 3.24. The summed E-state index contributed by atoms with van der Waals surface area (Å²) in [4.78, 5) is 2.74. The molecule has 2 fully saturated rings. The minimum absolute atomic E-state index is 0.753. The van der Waals surface area contributed by atoms with Crippen LogP contribution in [-0.2, 0) is 6.54 Å². The minimum Gasteiger partial charge on any atom is -0.314 e. The molecule has 1 N–H and O–H groups in total. The van der Waals surface area contributed by atoms with Gasteiger partial charge in [0.05, 0.1) is 0 Å². The fourth-order valence-corrected chi connectivity index (χ4v) is 3.95. The molecule has 2 nitrogen and oxygen atoms in total. The van der Waals surface area contributed by atoms with E-state index in [4.69, 9.17) is 0 Å². The highest BCUT2D eigenvalue weighted by molar-refractivity contribution is 5.25. The van der Waals surface area contributed by atoms with Gasteiger partial charge in [0, 0.05) is 32.2 Å². The smallest absolute Gasteiger partial charge is 0.0252 e. The Morgan fingerprint density at radius 1 is 1.15 bits per heavy atom. The molecule has 2 aliphatic rings. The monoisotopic (exact) mass is 272 g/mol. The van der Waals surface area contributed by atoms with Crippen LogP contribution in [-0.4, -0.2) is 30.6 Å². The molecule has 0 bridgehead atoms. The maximum absolute atomic E-state index is 3.62. The van der Waals surface area contributed by atoms with Gasteiger partial charge >= 0.3 is 0 Å². The summed E-state index contributed by atoms with van der Waals surface area (Å²) in [6, 6.07) is 9.63. The van der Waals surface area contributed by atoms with Gasteiger partial charge in [-0.2, -0.15) is 0 Å². The van der Waals surface area contributed by atoms with E-state index in [1.807, 2.05) is 0 Å².